The third-order valence-corrected chi connectivity index (χ3v) is 3.94. The van der Waals surface area contributed by atoms with Crippen LogP contribution in [-0.4, -0.2) is 28.8 Å². The summed E-state index contributed by atoms with van der Waals surface area (Å²) in [5.41, 5.74) is 0.0681. The van der Waals surface area contributed by atoms with Gasteiger partial charge in [-0.25, -0.2) is 4.98 Å². The summed E-state index contributed by atoms with van der Waals surface area (Å²) >= 11 is 0. The third kappa shape index (κ3) is 4.79. The molecule has 2 rings (SSSR count). The molecular formula is C18H23N3O3. The molecule has 1 saturated carbocycles. The number of nitriles is 1. The van der Waals surface area contributed by atoms with Crippen molar-refractivity contribution in [3.8, 4) is 11.9 Å². The Morgan fingerprint density at radius 1 is 1.29 bits per heavy atom. The van der Waals surface area contributed by atoms with E-state index < -0.39 is 17.6 Å². The number of rotatable bonds is 6. The van der Waals surface area contributed by atoms with Crippen molar-refractivity contribution < 1.29 is 14.3 Å². The summed E-state index contributed by atoms with van der Waals surface area (Å²) in [6, 6.07) is 6.62. The average molecular weight is 329 g/mol. The Balaban J connectivity index is 2.07. The summed E-state index contributed by atoms with van der Waals surface area (Å²) in [6.45, 7) is 3.71. The molecule has 1 aromatic rings. The van der Waals surface area contributed by atoms with E-state index in [0.717, 1.165) is 25.7 Å². The van der Waals surface area contributed by atoms with Crippen LogP contribution >= 0.6 is 0 Å². The number of Topliss-reactive ketones (excluding diaryl/α,β-unsaturated/α-hetero) is 1. The van der Waals surface area contributed by atoms with Gasteiger partial charge in [0.25, 0.3) is 0 Å². The number of hydrogen-bond donors (Lipinski definition) is 1. The predicted octanol–water partition coefficient (Wildman–Crippen LogP) is 2.64. The van der Waals surface area contributed by atoms with Gasteiger partial charge in [-0.1, -0.05) is 25.3 Å². The molecule has 6 heteroatoms. The topological polar surface area (TPSA) is 92.1 Å². The molecule has 0 spiro atoms. The molecule has 1 heterocycles. The van der Waals surface area contributed by atoms with E-state index in [9.17, 15) is 14.9 Å². The van der Waals surface area contributed by atoms with Crippen LogP contribution in [0, 0.1) is 17.2 Å². The van der Waals surface area contributed by atoms with E-state index in [-0.39, 0.29) is 17.8 Å². The minimum absolute atomic E-state index is 0.0541. The summed E-state index contributed by atoms with van der Waals surface area (Å²) in [5.74, 6) is -2.21. The van der Waals surface area contributed by atoms with E-state index in [1.165, 1.54) is 12.5 Å². The molecule has 24 heavy (non-hydrogen) atoms. The highest BCUT2D eigenvalue weighted by atomic mass is 16.5. The number of carbonyl (C=O) groups is 2. The Labute approximate surface area is 142 Å². The van der Waals surface area contributed by atoms with Crippen molar-refractivity contribution in [3.63, 3.8) is 0 Å². The van der Waals surface area contributed by atoms with Crippen LogP contribution in [0.1, 0.15) is 56.4 Å². The number of pyridine rings is 1. The SMILES string of the molecule is CC(C)Oc1cccc(C(=O)[C@H](C#N)C(=O)NC2CCCCC2)n1. The number of hydrogen-bond acceptors (Lipinski definition) is 5. The van der Waals surface area contributed by atoms with E-state index in [0.29, 0.717) is 5.88 Å². The van der Waals surface area contributed by atoms with Crippen LogP contribution in [-0.2, 0) is 4.79 Å². The maximum Gasteiger partial charge on any atom is 0.245 e. The van der Waals surface area contributed by atoms with Crippen molar-refractivity contribution in [1.82, 2.24) is 10.3 Å². The minimum atomic E-state index is -1.38. The van der Waals surface area contributed by atoms with Gasteiger partial charge in [-0.15, -0.1) is 0 Å². The van der Waals surface area contributed by atoms with Gasteiger partial charge in [0, 0.05) is 12.1 Å². The quantitative estimate of drug-likeness (QED) is 0.640. The van der Waals surface area contributed by atoms with Crippen molar-refractivity contribution in [2.45, 2.75) is 58.1 Å². The molecule has 128 valence electrons. The smallest absolute Gasteiger partial charge is 0.245 e. The van der Waals surface area contributed by atoms with Gasteiger partial charge in [0.1, 0.15) is 5.69 Å². The molecule has 1 N–H and O–H groups in total. The molecule has 1 aliphatic rings. The average Bonchev–Trinajstić information content (AvgIpc) is 2.56. The van der Waals surface area contributed by atoms with Crippen LogP contribution in [0.2, 0.25) is 0 Å². The number of carbonyl (C=O) groups excluding carboxylic acids is 2. The lowest BCUT2D eigenvalue weighted by Crippen LogP contribution is -2.42. The third-order valence-electron chi connectivity index (χ3n) is 3.94. The highest BCUT2D eigenvalue weighted by Crippen LogP contribution is 2.19. The number of nitrogens with one attached hydrogen (secondary N) is 1. The molecule has 1 atom stereocenters. The van der Waals surface area contributed by atoms with E-state index in [2.05, 4.69) is 10.3 Å². The molecule has 0 radical (unpaired) electrons. The number of amides is 1. The lowest BCUT2D eigenvalue weighted by atomic mass is 9.94. The van der Waals surface area contributed by atoms with Crippen molar-refractivity contribution in [3.05, 3.63) is 23.9 Å². The number of ketones is 1. The van der Waals surface area contributed by atoms with Gasteiger partial charge >= 0.3 is 0 Å². The molecule has 1 aliphatic carbocycles. The molecule has 0 unspecified atom stereocenters. The van der Waals surface area contributed by atoms with Gasteiger partial charge in [0.05, 0.1) is 12.2 Å². The van der Waals surface area contributed by atoms with E-state index in [1.807, 2.05) is 19.9 Å². The maximum absolute atomic E-state index is 12.5. The van der Waals surface area contributed by atoms with Gasteiger partial charge in [-0.05, 0) is 32.8 Å². The van der Waals surface area contributed by atoms with Crippen LogP contribution < -0.4 is 10.1 Å². The Kier molecular flexibility index (Phi) is 6.30. The van der Waals surface area contributed by atoms with Crippen molar-refractivity contribution >= 4 is 11.7 Å². The highest BCUT2D eigenvalue weighted by molar-refractivity contribution is 6.11. The van der Waals surface area contributed by atoms with Crippen LogP contribution in [0.5, 0.6) is 5.88 Å². The molecular weight excluding hydrogens is 306 g/mol. The molecule has 6 nitrogen and oxygen atoms in total. The zero-order valence-electron chi connectivity index (χ0n) is 14.1. The second-order valence-corrected chi connectivity index (χ2v) is 6.30. The normalized spacial score (nSPS) is 16.2. The van der Waals surface area contributed by atoms with Gasteiger partial charge < -0.3 is 10.1 Å². The Bertz CT molecular complexity index is 631. The zero-order valence-corrected chi connectivity index (χ0v) is 14.1. The number of nitrogens with zero attached hydrogens (tertiary/aromatic N) is 2. The minimum Gasteiger partial charge on any atom is -0.475 e. The molecule has 0 aromatic carbocycles. The van der Waals surface area contributed by atoms with E-state index in [4.69, 9.17) is 4.74 Å². The molecule has 0 bridgehead atoms. The Morgan fingerprint density at radius 3 is 2.62 bits per heavy atom. The number of aromatic nitrogens is 1. The fraction of sp³-hybridized carbons (Fsp3) is 0.556. The first kappa shape index (κ1) is 17.9. The Morgan fingerprint density at radius 2 is 2.00 bits per heavy atom. The van der Waals surface area contributed by atoms with Crippen molar-refractivity contribution in [1.29, 1.82) is 5.26 Å². The van der Waals surface area contributed by atoms with E-state index in [1.54, 1.807) is 12.1 Å². The van der Waals surface area contributed by atoms with Crippen LogP contribution in [0.4, 0.5) is 0 Å². The first-order chi connectivity index (χ1) is 11.5. The van der Waals surface area contributed by atoms with Gasteiger partial charge in [0.2, 0.25) is 17.6 Å². The fourth-order valence-corrected chi connectivity index (χ4v) is 2.77. The lowest BCUT2D eigenvalue weighted by molar-refractivity contribution is -0.123. The number of ether oxygens (including phenoxy) is 1. The van der Waals surface area contributed by atoms with Crippen molar-refractivity contribution in [2.75, 3.05) is 0 Å². The van der Waals surface area contributed by atoms with Crippen molar-refractivity contribution in [2.24, 2.45) is 5.92 Å². The van der Waals surface area contributed by atoms with Crippen LogP contribution in [0.3, 0.4) is 0 Å². The van der Waals surface area contributed by atoms with Gasteiger partial charge in [-0.2, -0.15) is 5.26 Å². The Hall–Kier alpha value is -2.42. The van der Waals surface area contributed by atoms with Crippen LogP contribution in [0.15, 0.2) is 18.2 Å². The summed E-state index contributed by atoms with van der Waals surface area (Å²) in [6.07, 6.45) is 5.00. The predicted molar refractivity (Wildman–Crippen MR) is 88.5 cm³/mol. The molecule has 1 aromatic heterocycles. The van der Waals surface area contributed by atoms with E-state index >= 15 is 0 Å². The molecule has 1 fully saturated rings. The summed E-state index contributed by atoms with van der Waals surface area (Å²) in [4.78, 5) is 28.9. The first-order valence-electron chi connectivity index (χ1n) is 8.39. The standard InChI is InChI=1S/C18H23N3O3/c1-12(2)24-16-10-6-9-15(21-16)17(22)14(11-19)18(23)20-13-7-4-3-5-8-13/h6,9-10,12-14H,3-5,7-8H2,1-2H3,(H,20,23)/t14-/m0/s1. The summed E-state index contributed by atoms with van der Waals surface area (Å²) in [5, 5.41) is 12.1. The molecule has 0 aliphatic heterocycles. The monoisotopic (exact) mass is 329 g/mol. The summed E-state index contributed by atoms with van der Waals surface area (Å²) < 4.78 is 5.45. The highest BCUT2D eigenvalue weighted by Gasteiger charge is 2.30. The molecule has 1 amide bonds. The molecule has 0 saturated heterocycles. The van der Waals surface area contributed by atoms with Gasteiger partial charge in [-0.3, -0.25) is 9.59 Å². The summed E-state index contributed by atoms with van der Waals surface area (Å²) in [7, 11) is 0. The van der Waals surface area contributed by atoms with Gasteiger partial charge in [0.15, 0.2) is 5.92 Å². The lowest BCUT2D eigenvalue weighted by Gasteiger charge is -2.23. The van der Waals surface area contributed by atoms with Crippen LogP contribution in [0.25, 0.3) is 0 Å². The second-order valence-electron chi connectivity index (χ2n) is 6.30. The second kappa shape index (κ2) is 8.44. The first-order valence-corrected chi connectivity index (χ1v) is 8.39. The fourth-order valence-electron chi connectivity index (χ4n) is 2.77. The zero-order chi connectivity index (χ0) is 17.5. The largest absolute Gasteiger partial charge is 0.475 e. The maximum atomic E-state index is 12.5.